The summed E-state index contributed by atoms with van der Waals surface area (Å²) >= 11 is 0. The molecule has 0 atom stereocenters. The highest BCUT2D eigenvalue weighted by molar-refractivity contribution is 6.27. The normalized spacial score (nSPS) is 14.2. The molecule has 2 heteroatoms. The van der Waals surface area contributed by atoms with Crippen LogP contribution in [0.1, 0.15) is 27.8 Å². The van der Waals surface area contributed by atoms with Crippen molar-refractivity contribution in [1.82, 2.24) is 4.57 Å². The van der Waals surface area contributed by atoms with Gasteiger partial charge in [-0.05, 0) is 109 Å². The third-order valence-corrected chi connectivity index (χ3v) is 12.0. The molecule has 0 amide bonds. The number of hydrogen-bond acceptors (Lipinski definition) is 1. The molecule has 260 valence electrons. The summed E-state index contributed by atoms with van der Waals surface area (Å²) in [6.45, 7) is 0. The molecule has 0 spiro atoms. The minimum Gasteiger partial charge on any atom is -0.309 e. The molecule has 1 aromatic heterocycles. The van der Waals surface area contributed by atoms with Crippen molar-refractivity contribution < 1.29 is 0 Å². The van der Waals surface area contributed by atoms with Gasteiger partial charge in [-0.25, -0.2) is 4.99 Å². The van der Waals surface area contributed by atoms with Gasteiger partial charge in [-0.15, -0.1) is 0 Å². The molecule has 0 unspecified atom stereocenters. The van der Waals surface area contributed by atoms with Crippen LogP contribution in [-0.2, 0) is 6.42 Å². The highest BCUT2D eigenvalue weighted by Gasteiger charge is 2.30. The summed E-state index contributed by atoms with van der Waals surface area (Å²) in [5, 5.41) is 10.1. The van der Waals surface area contributed by atoms with E-state index in [9.17, 15) is 0 Å². The molecule has 1 aliphatic carbocycles. The van der Waals surface area contributed by atoms with Crippen LogP contribution in [0.2, 0.25) is 0 Å². The molecule has 2 heterocycles. The Kier molecular flexibility index (Phi) is 6.73. The number of allylic oxidation sites excluding steroid dienone is 2. The lowest BCUT2D eigenvalue weighted by molar-refractivity contribution is 1.18. The van der Waals surface area contributed by atoms with Gasteiger partial charge in [0.2, 0.25) is 0 Å². The van der Waals surface area contributed by atoms with Crippen LogP contribution in [-0.4, -0.2) is 10.3 Å². The molecule has 0 saturated carbocycles. The molecule has 56 heavy (non-hydrogen) atoms. The van der Waals surface area contributed by atoms with Gasteiger partial charge < -0.3 is 4.57 Å². The van der Waals surface area contributed by atoms with Crippen molar-refractivity contribution in [3.8, 4) is 16.8 Å². The topological polar surface area (TPSA) is 17.3 Å². The highest BCUT2D eigenvalue weighted by atomic mass is 15.0. The van der Waals surface area contributed by atoms with Crippen molar-refractivity contribution in [1.29, 1.82) is 0 Å². The number of fused-ring (bicyclic) bond motifs is 14. The first kappa shape index (κ1) is 31.1. The summed E-state index contributed by atoms with van der Waals surface area (Å²) in [5.74, 6) is 0. The number of benzene rings is 9. The second-order valence-corrected chi connectivity index (χ2v) is 15.0. The van der Waals surface area contributed by atoms with Crippen LogP contribution in [0, 0.1) is 0 Å². The number of rotatable bonds is 3. The number of hydrogen-bond donors (Lipinski definition) is 0. The minimum absolute atomic E-state index is 0.797. The summed E-state index contributed by atoms with van der Waals surface area (Å²) in [6.07, 6.45) is 5.50. The fraction of sp³-hybridized carbons (Fsp3) is 0.0185. The summed E-state index contributed by atoms with van der Waals surface area (Å²) in [6, 6.07) is 66.4. The molecule has 0 radical (unpaired) electrons. The van der Waals surface area contributed by atoms with Crippen molar-refractivity contribution in [2.75, 3.05) is 0 Å². The summed E-state index contributed by atoms with van der Waals surface area (Å²) in [5.41, 5.74) is 15.5. The first-order valence-electron chi connectivity index (χ1n) is 19.4. The van der Waals surface area contributed by atoms with Crippen molar-refractivity contribution >= 4 is 65.4 Å². The minimum atomic E-state index is 0.797. The van der Waals surface area contributed by atoms with Crippen molar-refractivity contribution in [3.63, 3.8) is 0 Å². The van der Waals surface area contributed by atoms with Gasteiger partial charge in [0.25, 0.3) is 0 Å². The average molecular weight is 711 g/mol. The van der Waals surface area contributed by atoms with Gasteiger partial charge in [0, 0.05) is 27.6 Å². The van der Waals surface area contributed by atoms with E-state index in [1.165, 1.54) is 93.1 Å². The lowest BCUT2D eigenvalue weighted by Crippen LogP contribution is -2.06. The maximum absolute atomic E-state index is 5.67. The fourth-order valence-corrected chi connectivity index (χ4v) is 9.55. The molecule has 0 bridgehead atoms. The molecule has 0 saturated heterocycles. The first-order chi connectivity index (χ1) is 27.8. The zero-order chi connectivity index (χ0) is 36.7. The summed E-state index contributed by atoms with van der Waals surface area (Å²) in [4.78, 5) is 5.67. The van der Waals surface area contributed by atoms with E-state index in [1.807, 2.05) is 0 Å². The molecular formula is C54H34N2. The molecule has 10 aromatic rings. The van der Waals surface area contributed by atoms with Crippen molar-refractivity contribution in [3.05, 3.63) is 228 Å². The fourth-order valence-electron chi connectivity index (χ4n) is 9.55. The van der Waals surface area contributed by atoms with Gasteiger partial charge in [-0.1, -0.05) is 158 Å². The van der Waals surface area contributed by atoms with Crippen molar-refractivity contribution in [2.24, 2.45) is 4.99 Å². The standard InChI is InChI=1S/C54H34N2/c1-2-16-38(17-3-1)56-49-25-13-12-22-43(49)47-32-36(28-31-50(47)56)54-40-19-7-5-15-35(40)26-29-37(55-54)33-48-51-39-18-6-4-14-34(39)27-30-46(51)52-44-23-10-8-20-41(44)42-21-9-11-24-45(42)53(48)52/h1-25,27-33H,26H2/b48-33+. The van der Waals surface area contributed by atoms with E-state index in [1.54, 1.807) is 0 Å². The average Bonchev–Trinajstić information content (AvgIpc) is 3.70. The second-order valence-electron chi connectivity index (χ2n) is 15.0. The second kappa shape index (κ2) is 12.1. The van der Waals surface area contributed by atoms with Crippen molar-refractivity contribution in [2.45, 2.75) is 6.42 Å². The molecular weight excluding hydrogens is 677 g/mol. The van der Waals surface area contributed by atoms with E-state index in [0.717, 1.165) is 29.1 Å². The van der Waals surface area contributed by atoms with Crippen LogP contribution in [0.15, 0.2) is 205 Å². The van der Waals surface area contributed by atoms with Gasteiger partial charge in [0.1, 0.15) is 0 Å². The zero-order valence-corrected chi connectivity index (χ0v) is 30.6. The van der Waals surface area contributed by atoms with Crippen LogP contribution >= 0.6 is 0 Å². The van der Waals surface area contributed by atoms with E-state index in [4.69, 9.17) is 4.99 Å². The monoisotopic (exact) mass is 710 g/mol. The molecule has 9 aromatic carbocycles. The predicted molar refractivity (Wildman–Crippen MR) is 236 cm³/mol. The van der Waals surface area contributed by atoms with Crippen LogP contribution < -0.4 is 0 Å². The van der Waals surface area contributed by atoms with E-state index in [-0.39, 0.29) is 0 Å². The lowest BCUT2D eigenvalue weighted by atomic mass is 9.90. The smallest absolute Gasteiger partial charge is 0.0784 e. The molecule has 2 nitrogen and oxygen atoms in total. The Morgan fingerprint density at radius 1 is 0.446 bits per heavy atom. The molecule has 0 N–H and O–H groups in total. The van der Waals surface area contributed by atoms with Crippen LogP contribution in [0.25, 0.3) is 76.5 Å². The van der Waals surface area contributed by atoms with Crippen LogP contribution in [0.5, 0.6) is 0 Å². The van der Waals surface area contributed by atoms with Crippen LogP contribution in [0.3, 0.4) is 0 Å². The third kappa shape index (κ3) is 4.53. The lowest BCUT2D eigenvalue weighted by Gasteiger charge is -2.13. The number of para-hydroxylation sites is 2. The maximum atomic E-state index is 5.67. The Bertz CT molecular complexity index is 3370. The van der Waals surface area contributed by atoms with E-state index < -0.39 is 0 Å². The zero-order valence-electron chi connectivity index (χ0n) is 30.6. The predicted octanol–water partition coefficient (Wildman–Crippen LogP) is 13.6. The Labute approximate surface area is 324 Å². The number of aromatic nitrogens is 1. The Morgan fingerprint density at radius 3 is 1.91 bits per heavy atom. The van der Waals surface area contributed by atoms with Gasteiger partial charge in [0.15, 0.2) is 0 Å². The molecule has 1 aliphatic heterocycles. The van der Waals surface area contributed by atoms with Gasteiger partial charge >= 0.3 is 0 Å². The third-order valence-electron chi connectivity index (χ3n) is 12.0. The quantitative estimate of drug-likeness (QED) is 0.162. The molecule has 12 rings (SSSR count). The Hall–Kier alpha value is -7.29. The first-order valence-corrected chi connectivity index (χ1v) is 19.4. The maximum Gasteiger partial charge on any atom is 0.0784 e. The highest BCUT2D eigenvalue weighted by Crippen LogP contribution is 2.53. The Balaban J connectivity index is 1.12. The van der Waals surface area contributed by atoms with E-state index >= 15 is 0 Å². The SMILES string of the molecule is C1=C(/C=C2\c3c(ccc4ccccc34)-c3c2c2ccccc2c2ccccc32)N=C(c2ccc3c(c2)c2ccccc2n3-c2ccccc2)c2ccccc2C1. The number of nitrogens with zero attached hydrogens (tertiary/aromatic N) is 2. The van der Waals surface area contributed by atoms with Gasteiger partial charge in [-0.2, -0.15) is 0 Å². The Morgan fingerprint density at radius 2 is 1.09 bits per heavy atom. The van der Waals surface area contributed by atoms with E-state index in [0.29, 0.717) is 0 Å². The summed E-state index contributed by atoms with van der Waals surface area (Å²) < 4.78 is 2.38. The van der Waals surface area contributed by atoms with E-state index in [2.05, 4.69) is 199 Å². The largest absolute Gasteiger partial charge is 0.309 e. The van der Waals surface area contributed by atoms with Gasteiger partial charge in [0.05, 0.1) is 22.4 Å². The summed E-state index contributed by atoms with van der Waals surface area (Å²) in [7, 11) is 0. The van der Waals surface area contributed by atoms with Gasteiger partial charge in [-0.3, -0.25) is 0 Å². The molecule has 0 fully saturated rings. The number of aliphatic imine (C=N–C) groups is 1. The van der Waals surface area contributed by atoms with Crippen LogP contribution in [0.4, 0.5) is 0 Å². The molecule has 2 aliphatic rings.